The lowest BCUT2D eigenvalue weighted by Gasteiger charge is -2.26. The van der Waals surface area contributed by atoms with Crippen molar-refractivity contribution < 1.29 is 4.79 Å². The van der Waals surface area contributed by atoms with Gasteiger partial charge < -0.3 is 0 Å². The van der Waals surface area contributed by atoms with Crippen LogP contribution in [0.4, 0.5) is 0 Å². The Morgan fingerprint density at radius 1 is 1.46 bits per heavy atom. The van der Waals surface area contributed by atoms with Gasteiger partial charge in [0.15, 0.2) is 5.78 Å². The fourth-order valence-electron chi connectivity index (χ4n) is 1.38. The highest BCUT2D eigenvalue weighted by molar-refractivity contribution is 8.07. The maximum Gasteiger partial charge on any atom is 0.150 e. The molecular weight excluding hydrogens is 200 g/mol. The van der Waals surface area contributed by atoms with Crippen molar-refractivity contribution in [2.75, 3.05) is 11.5 Å². The third kappa shape index (κ3) is 3.39. The van der Waals surface area contributed by atoms with Gasteiger partial charge in [0, 0.05) is 23.2 Å². The van der Waals surface area contributed by atoms with Crippen LogP contribution in [0.3, 0.4) is 0 Å². The van der Waals surface area contributed by atoms with Crippen LogP contribution in [0.1, 0.15) is 20.3 Å². The summed E-state index contributed by atoms with van der Waals surface area (Å²) in [5, 5.41) is 0.682. The number of carbonyl (C=O) groups excluding carboxylic acids is 1. The Kier molecular flexibility index (Phi) is 4.39. The molecule has 0 aliphatic carbocycles. The molecule has 2 atom stereocenters. The zero-order valence-electron chi connectivity index (χ0n) is 8.21. The molecule has 1 nitrogen and oxygen atoms in total. The van der Waals surface area contributed by atoms with E-state index in [1.54, 1.807) is 0 Å². The summed E-state index contributed by atoms with van der Waals surface area (Å²) in [5.41, 5.74) is 0.980. The molecule has 1 aliphatic heterocycles. The summed E-state index contributed by atoms with van der Waals surface area (Å²) >= 11 is 3.72. The van der Waals surface area contributed by atoms with Crippen LogP contribution < -0.4 is 0 Å². The lowest BCUT2D eigenvalue weighted by Crippen LogP contribution is -2.31. The lowest BCUT2D eigenvalue weighted by atomic mass is 10.1. The minimum Gasteiger partial charge on any atom is -0.298 e. The average molecular weight is 216 g/mol. The molecule has 0 spiro atoms. The predicted octanol–water partition coefficient (Wildman–Crippen LogP) is 2.76. The zero-order chi connectivity index (χ0) is 9.84. The largest absolute Gasteiger partial charge is 0.298 e. The minimum atomic E-state index is 0.204. The van der Waals surface area contributed by atoms with E-state index in [2.05, 4.69) is 13.5 Å². The Morgan fingerprint density at radius 2 is 2.08 bits per heavy atom. The Morgan fingerprint density at radius 3 is 2.62 bits per heavy atom. The van der Waals surface area contributed by atoms with Crippen molar-refractivity contribution in [3.8, 4) is 0 Å². The summed E-state index contributed by atoms with van der Waals surface area (Å²) in [6, 6.07) is 0. The number of hydrogen-bond donors (Lipinski definition) is 0. The maximum absolute atomic E-state index is 11.7. The molecule has 13 heavy (non-hydrogen) atoms. The fourth-order valence-corrected chi connectivity index (χ4v) is 4.12. The van der Waals surface area contributed by atoms with Gasteiger partial charge >= 0.3 is 0 Å². The van der Waals surface area contributed by atoms with E-state index in [4.69, 9.17) is 0 Å². The third-order valence-corrected chi connectivity index (χ3v) is 5.12. The Bertz CT molecular complexity index is 213. The molecule has 0 saturated carbocycles. The van der Waals surface area contributed by atoms with Crippen molar-refractivity contribution in [2.45, 2.75) is 30.8 Å². The predicted molar refractivity (Wildman–Crippen MR) is 62.6 cm³/mol. The van der Waals surface area contributed by atoms with Crippen molar-refractivity contribution in [3.63, 3.8) is 0 Å². The summed E-state index contributed by atoms with van der Waals surface area (Å²) in [5.74, 6) is 2.65. The van der Waals surface area contributed by atoms with E-state index < -0.39 is 0 Å². The second-order valence-corrected chi connectivity index (χ2v) is 6.20. The Hall–Kier alpha value is 0.110. The van der Waals surface area contributed by atoms with Crippen LogP contribution >= 0.6 is 23.5 Å². The molecule has 0 aromatic rings. The third-order valence-electron chi connectivity index (χ3n) is 1.98. The first-order valence-corrected chi connectivity index (χ1v) is 6.61. The van der Waals surface area contributed by atoms with Gasteiger partial charge in [-0.05, 0) is 6.92 Å². The molecule has 0 aromatic heterocycles. The van der Waals surface area contributed by atoms with Gasteiger partial charge in [0.2, 0.25) is 0 Å². The Balaban J connectivity index is 2.48. The van der Waals surface area contributed by atoms with Crippen molar-refractivity contribution in [1.29, 1.82) is 0 Å². The topological polar surface area (TPSA) is 17.1 Å². The molecule has 1 heterocycles. The van der Waals surface area contributed by atoms with Crippen molar-refractivity contribution >= 4 is 29.3 Å². The molecule has 0 radical (unpaired) electrons. The highest BCUT2D eigenvalue weighted by Crippen LogP contribution is 2.32. The number of hydrogen-bond acceptors (Lipinski definition) is 3. The normalized spacial score (nSPS) is 28.5. The number of allylic oxidation sites excluding steroid dienone is 1. The first-order valence-electron chi connectivity index (χ1n) is 4.51. The van der Waals surface area contributed by atoms with E-state index in [1.165, 1.54) is 5.75 Å². The molecule has 1 aliphatic rings. The highest BCUT2D eigenvalue weighted by atomic mass is 32.2. The molecule has 2 unspecified atom stereocenters. The number of Topliss-reactive ketones (excluding diaryl/α,β-unsaturated/α-hetero) is 1. The van der Waals surface area contributed by atoms with E-state index in [0.29, 0.717) is 17.5 Å². The fraction of sp³-hybridized carbons (Fsp3) is 0.700. The van der Waals surface area contributed by atoms with Crippen LogP contribution in [0, 0.1) is 0 Å². The Labute approximate surface area is 88.7 Å². The van der Waals surface area contributed by atoms with Gasteiger partial charge in [-0.1, -0.05) is 19.1 Å². The van der Waals surface area contributed by atoms with Crippen LogP contribution in [-0.2, 0) is 4.79 Å². The lowest BCUT2D eigenvalue weighted by molar-refractivity contribution is -0.117. The molecule has 1 saturated heterocycles. The van der Waals surface area contributed by atoms with Crippen LogP contribution in [-0.4, -0.2) is 27.8 Å². The van der Waals surface area contributed by atoms with Crippen molar-refractivity contribution in [2.24, 2.45) is 0 Å². The molecule has 0 bridgehead atoms. The number of rotatable bonds is 3. The number of thioether (sulfide) groups is 2. The molecule has 0 amide bonds. The minimum absolute atomic E-state index is 0.204. The molecule has 1 rings (SSSR count). The van der Waals surface area contributed by atoms with Gasteiger partial charge in [-0.25, -0.2) is 0 Å². The van der Waals surface area contributed by atoms with Crippen LogP contribution in [0.25, 0.3) is 0 Å². The number of carbonyl (C=O) groups is 1. The standard InChI is InChI=1S/C10H16OS2/c1-7(2)6-9(11)10-8(3)12-4-5-13-10/h8,10H,1,4-6H2,2-3H3. The van der Waals surface area contributed by atoms with Gasteiger partial charge in [-0.3, -0.25) is 4.79 Å². The van der Waals surface area contributed by atoms with Gasteiger partial charge in [0.1, 0.15) is 0 Å². The van der Waals surface area contributed by atoms with Crippen LogP contribution in [0.5, 0.6) is 0 Å². The second kappa shape index (κ2) is 5.11. The van der Waals surface area contributed by atoms with E-state index in [0.717, 1.165) is 11.3 Å². The van der Waals surface area contributed by atoms with Gasteiger partial charge in [-0.15, -0.1) is 11.8 Å². The van der Waals surface area contributed by atoms with Crippen LogP contribution in [0.15, 0.2) is 12.2 Å². The molecule has 1 fully saturated rings. The summed E-state index contributed by atoms with van der Waals surface area (Å²) in [4.78, 5) is 11.7. The van der Waals surface area contributed by atoms with Crippen molar-refractivity contribution in [3.05, 3.63) is 12.2 Å². The SMILES string of the molecule is C=C(C)CC(=O)C1SCCSC1C. The molecule has 3 heteroatoms. The molecule has 74 valence electrons. The first-order chi connectivity index (χ1) is 6.11. The highest BCUT2D eigenvalue weighted by Gasteiger charge is 2.28. The van der Waals surface area contributed by atoms with Crippen LogP contribution in [0.2, 0.25) is 0 Å². The first kappa shape index (κ1) is 11.2. The van der Waals surface area contributed by atoms with Gasteiger partial charge in [0.25, 0.3) is 0 Å². The van der Waals surface area contributed by atoms with E-state index >= 15 is 0 Å². The maximum atomic E-state index is 11.7. The second-order valence-electron chi connectivity index (χ2n) is 3.47. The summed E-state index contributed by atoms with van der Waals surface area (Å²) < 4.78 is 0. The van der Waals surface area contributed by atoms with E-state index in [-0.39, 0.29) is 5.25 Å². The average Bonchev–Trinajstić information content (AvgIpc) is 2.03. The quantitative estimate of drug-likeness (QED) is 0.675. The zero-order valence-corrected chi connectivity index (χ0v) is 9.84. The number of ketones is 1. The smallest absolute Gasteiger partial charge is 0.150 e. The van der Waals surface area contributed by atoms with E-state index in [1.807, 2.05) is 30.4 Å². The van der Waals surface area contributed by atoms with Gasteiger partial charge in [-0.2, -0.15) is 11.8 Å². The molecule has 0 aromatic carbocycles. The summed E-state index contributed by atoms with van der Waals surface area (Å²) in [6.45, 7) is 7.85. The van der Waals surface area contributed by atoms with E-state index in [9.17, 15) is 4.79 Å². The monoisotopic (exact) mass is 216 g/mol. The van der Waals surface area contributed by atoms with Gasteiger partial charge in [0.05, 0.1) is 5.25 Å². The van der Waals surface area contributed by atoms with Crippen molar-refractivity contribution in [1.82, 2.24) is 0 Å². The molecule has 0 N–H and O–H groups in total. The summed E-state index contributed by atoms with van der Waals surface area (Å²) in [7, 11) is 0. The molecular formula is C10H16OS2. The summed E-state index contributed by atoms with van der Waals surface area (Å²) in [6.07, 6.45) is 0.558.